The van der Waals surface area contributed by atoms with E-state index in [0.717, 1.165) is 4.47 Å². The molecular weight excluding hydrogens is 242 g/mol. The first kappa shape index (κ1) is 11.7. The van der Waals surface area contributed by atoms with E-state index in [1.165, 1.54) is 16.2 Å². The van der Waals surface area contributed by atoms with E-state index in [4.69, 9.17) is 0 Å². The molecule has 1 aromatic rings. The summed E-state index contributed by atoms with van der Waals surface area (Å²) in [5, 5.41) is 10.4. The van der Waals surface area contributed by atoms with E-state index in [1.54, 1.807) is 7.05 Å². The number of hydroxylamine groups is 2. The second kappa shape index (κ2) is 4.91. The van der Waals surface area contributed by atoms with Gasteiger partial charge < -0.3 is 5.21 Å². The molecule has 0 bridgehead atoms. The highest BCUT2D eigenvalue weighted by Gasteiger charge is 2.08. The highest BCUT2D eigenvalue weighted by Crippen LogP contribution is 2.23. The number of hydrogen-bond donors (Lipinski definition) is 1. The molecule has 1 rings (SSSR count). The van der Waals surface area contributed by atoms with E-state index >= 15 is 0 Å². The van der Waals surface area contributed by atoms with Crippen molar-refractivity contribution in [2.24, 2.45) is 0 Å². The van der Waals surface area contributed by atoms with Crippen molar-refractivity contribution in [1.29, 1.82) is 0 Å². The summed E-state index contributed by atoms with van der Waals surface area (Å²) >= 11 is 3.44. The minimum Gasteiger partial charge on any atom is -0.314 e. The first-order valence-electron chi connectivity index (χ1n) is 4.69. The Morgan fingerprint density at radius 3 is 2.57 bits per heavy atom. The van der Waals surface area contributed by atoms with Gasteiger partial charge in [-0.15, -0.1) is 0 Å². The molecule has 0 amide bonds. The molecule has 1 aromatic carbocycles. The van der Waals surface area contributed by atoms with Crippen molar-refractivity contribution in [1.82, 2.24) is 5.06 Å². The van der Waals surface area contributed by atoms with Crippen LogP contribution in [-0.4, -0.2) is 17.3 Å². The van der Waals surface area contributed by atoms with Crippen LogP contribution in [0.4, 0.5) is 0 Å². The third-order valence-corrected chi connectivity index (χ3v) is 2.62. The van der Waals surface area contributed by atoms with E-state index in [9.17, 15) is 5.21 Å². The molecule has 0 fully saturated rings. The highest BCUT2D eigenvalue weighted by molar-refractivity contribution is 9.10. The molecule has 0 aliphatic heterocycles. The van der Waals surface area contributed by atoms with Gasteiger partial charge in [-0.1, -0.05) is 35.8 Å². The fourth-order valence-electron chi connectivity index (χ4n) is 1.52. The average Bonchev–Trinajstić information content (AvgIpc) is 2.01. The van der Waals surface area contributed by atoms with Gasteiger partial charge in [-0.2, -0.15) is 5.06 Å². The van der Waals surface area contributed by atoms with E-state index in [2.05, 4.69) is 41.9 Å². The molecule has 1 N–H and O–H groups in total. The van der Waals surface area contributed by atoms with E-state index in [0.29, 0.717) is 12.5 Å². The third-order valence-electron chi connectivity index (χ3n) is 2.13. The monoisotopic (exact) mass is 257 g/mol. The molecule has 0 saturated carbocycles. The molecule has 14 heavy (non-hydrogen) atoms. The quantitative estimate of drug-likeness (QED) is 0.840. The summed E-state index contributed by atoms with van der Waals surface area (Å²) in [6, 6.07) is 6.20. The van der Waals surface area contributed by atoms with Crippen LogP contribution < -0.4 is 0 Å². The lowest BCUT2D eigenvalue weighted by Crippen LogP contribution is -2.13. The molecule has 0 aliphatic rings. The Kier molecular flexibility index (Phi) is 4.11. The van der Waals surface area contributed by atoms with Crippen LogP contribution in [0.15, 0.2) is 22.7 Å². The zero-order valence-corrected chi connectivity index (χ0v) is 10.4. The second-order valence-electron chi connectivity index (χ2n) is 3.81. The fourth-order valence-corrected chi connectivity index (χ4v) is 1.93. The van der Waals surface area contributed by atoms with Gasteiger partial charge in [-0.25, -0.2) is 0 Å². The highest BCUT2D eigenvalue weighted by atomic mass is 79.9. The Morgan fingerprint density at radius 1 is 1.43 bits per heavy atom. The summed E-state index contributed by atoms with van der Waals surface area (Å²) in [5.74, 6) is 0.484. The Balaban J connectivity index is 3.03. The minimum atomic E-state index is 0.484. The maximum Gasteiger partial charge on any atom is 0.0488 e. The molecule has 2 nitrogen and oxygen atoms in total. The summed E-state index contributed by atoms with van der Waals surface area (Å²) < 4.78 is 1.05. The van der Waals surface area contributed by atoms with Crippen molar-refractivity contribution in [3.63, 3.8) is 0 Å². The van der Waals surface area contributed by atoms with E-state index in [1.807, 2.05) is 6.07 Å². The van der Waals surface area contributed by atoms with Crippen molar-refractivity contribution < 1.29 is 5.21 Å². The Morgan fingerprint density at radius 2 is 2.07 bits per heavy atom. The van der Waals surface area contributed by atoms with E-state index < -0.39 is 0 Å². The van der Waals surface area contributed by atoms with Gasteiger partial charge >= 0.3 is 0 Å². The van der Waals surface area contributed by atoms with Crippen LogP contribution in [0.3, 0.4) is 0 Å². The number of nitrogens with zero attached hydrogens (tertiary/aromatic N) is 1. The molecule has 0 radical (unpaired) electrons. The third kappa shape index (κ3) is 3.08. The lowest BCUT2D eigenvalue weighted by Gasteiger charge is -2.15. The molecule has 0 atom stereocenters. The molecule has 0 spiro atoms. The number of rotatable bonds is 3. The standard InChI is InChI=1S/C11H16BrNO/c1-8(2)11-5-4-10(12)6-9(11)7-13(3)14/h4-6,8,14H,7H2,1-3H3. The molecular formula is C11H16BrNO. The minimum absolute atomic E-state index is 0.484. The van der Waals surface area contributed by atoms with Crippen LogP contribution in [0.2, 0.25) is 0 Å². The van der Waals surface area contributed by atoms with Gasteiger partial charge in [-0.05, 0) is 29.2 Å². The molecule has 0 saturated heterocycles. The fraction of sp³-hybridized carbons (Fsp3) is 0.455. The molecule has 0 aromatic heterocycles. The van der Waals surface area contributed by atoms with Crippen molar-refractivity contribution in [3.8, 4) is 0 Å². The Hall–Kier alpha value is -0.380. The van der Waals surface area contributed by atoms with Crippen LogP contribution >= 0.6 is 15.9 Å². The topological polar surface area (TPSA) is 23.5 Å². The lowest BCUT2D eigenvalue weighted by atomic mass is 9.97. The SMILES string of the molecule is CC(C)c1ccc(Br)cc1CN(C)O. The lowest BCUT2D eigenvalue weighted by molar-refractivity contribution is -0.0733. The molecule has 0 unspecified atom stereocenters. The number of benzene rings is 1. The summed E-state index contributed by atoms with van der Waals surface area (Å²) in [4.78, 5) is 0. The van der Waals surface area contributed by atoms with Crippen LogP contribution in [0.5, 0.6) is 0 Å². The smallest absolute Gasteiger partial charge is 0.0488 e. The Bertz CT molecular complexity index is 310. The molecule has 0 aliphatic carbocycles. The summed E-state index contributed by atoms with van der Waals surface area (Å²) in [6.45, 7) is 4.88. The summed E-state index contributed by atoms with van der Waals surface area (Å²) in [7, 11) is 1.66. The van der Waals surface area contributed by atoms with Gasteiger partial charge in [0.05, 0.1) is 0 Å². The van der Waals surface area contributed by atoms with Crippen LogP contribution in [-0.2, 0) is 6.54 Å². The maximum absolute atomic E-state index is 9.22. The molecule has 3 heteroatoms. The summed E-state index contributed by atoms with van der Waals surface area (Å²) in [6.07, 6.45) is 0. The molecule has 78 valence electrons. The van der Waals surface area contributed by atoms with Gasteiger partial charge in [0.15, 0.2) is 0 Å². The number of hydrogen-bond acceptors (Lipinski definition) is 2. The summed E-state index contributed by atoms with van der Waals surface area (Å²) in [5.41, 5.74) is 2.45. The van der Waals surface area contributed by atoms with Crippen molar-refractivity contribution in [2.45, 2.75) is 26.3 Å². The average molecular weight is 258 g/mol. The van der Waals surface area contributed by atoms with Crippen LogP contribution in [0.1, 0.15) is 30.9 Å². The van der Waals surface area contributed by atoms with Gasteiger partial charge in [0.25, 0.3) is 0 Å². The largest absolute Gasteiger partial charge is 0.314 e. The van der Waals surface area contributed by atoms with Crippen molar-refractivity contribution in [2.75, 3.05) is 7.05 Å². The van der Waals surface area contributed by atoms with Crippen molar-refractivity contribution >= 4 is 15.9 Å². The second-order valence-corrected chi connectivity index (χ2v) is 4.73. The first-order valence-corrected chi connectivity index (χ1v) is 5.48. The number of halogens is 1. The first-order chi connectivity index (χ1) is 6.50. The zero-order chi connectivity index (χ0) is 10.7. The zero-order valence-electron chi connectivity index (χ0n) is 8.79. The van der Waals surface area contributed by atoms with Crippen molar-refractivity contribution in [3.05, 3.63) is 33.8 Å². The normalized spacial score (nSPS) is 11.4. The van der Waals surface area contributed by atoms with Crippen LogP contribution in [0.25, 0.3) is 0 Å². The predicted octanol–water partition coefficient (Wildman–Crippen LogP) is 3.39. The Labute approximate surface area is 93.6 Å². The van der Waals surface area contributed by atoms with Gasteiger partial charge in [0, 0.05) is 18.1 Å². The van der Waals surface area contributed by atoms with Gasteiger partial charge in [-0.3, -0.25) is 0 Å². The van der Waals surface area contributed by atoms with Gasteiger partial charge in [0.1, 0.15) is 0 Å². The van der Waals surface area contributed by atoms with E-state index in [-0.39, 0.29) is 0 Å². The predicted molar refractivity (Wildman–Crippen MR) is 61.5 cm³/mol. The van der Waals surface area contributed by atoms with Crippen LogP contribution in [0, 0.1) is 0 Å². The molecule has 0 heterocycles. The van der Waals surface area contributed by atoms with Gasteiger partial charge in [0.2, 0.25) is 0 Å². The maximum atomic E-state index is 9.22.